The predicted octanol–water partition coefficient (Wildman–Crippen LogP) is 4.16. The van der Waals surface area contributed by atoms with Crippen molar-refractivity contribution >= 4 is 11.4 Å². The summed E-state index contributed by atoms with van der Waals surface area (Å²) < 4.78 is 5.75. The lowest BCUT2D eigenvalue weighted by Gasteiger charge is -2.11. The van der Waals surface area contributed by atoms with Gasteiger partial charge in [0.05, 0.1) is 11.4 Å². The van der Waals surface area contributed by atoms with E-state index in [2.05, 4.69) is 26.0 Å². The van der Waals surface area contributed by atoms with Crippen LogP contribution in [0.2, 0.25) is 0 Å². The number of hydrogen-bond donors (Lipinski definition) is 2. The lowest BCUT2D eigenvalue weighted by molar-refractivity contribution is 0.482. The van der Waals surface area contributed by atoms with Crippen molar-refractivity contribution in [2.75, 3.05) is 11.5 Å². The van der Waals surface area contributed by atoms with Crippen molar-refractivity contribution in [2.24, 2.45) is 0 Å². The molecule has 3 heteroatoms. The lowest BCUT2D eigenvalue weighted by atomic mass is 9.99. The summed E-state index contributed by atoms with van der Waals surface area (Å²) in [6.07, 6.45) is 1.13. The fraction of sp³-hybridized carbons (Fsp3) is 0.250. The van der Waals surface area contributed by atoms with E-state index in [1.54, 1.807) is 12.1 Å². The Kier molecular flexibility index (Phi) is 3.95. The molecule has 0 saturated carbocycles. The van der Waals surface area contributed by atoms with Gasteiger partial charge in [-0.25, -0.2) is 0 Å². The van der Waals surface area contributed by atoms with Crippen LogP contribution < -0.4 is 16.2 Å². The number of ether oxygens (including phenoxy) is 1. The molecule has 1 atom stereocenters. The largest absolute Gasteiger partial charge is 0.457 e. The van der Waals surface area contributed by atoms with E-state index in [-0.39, 0.29) is 0 Å². The van der Waals surface area contributed by atoms with E-state index in [1.807, 2.05) is 18.2 Å². The van der Waals surface area contributed by atoms with Crippen LogP contribution >= 0.6 is 0 Å². The molecular weight excluding hydrogens is 236 g/mol. The van der Waals surface area contributed by atoms with E-state index < -0.39 is 0 Å². The van der Waals surface area contributed by atoms with Gasteiger partial charge in [0.2, 0.25) is 0 Å². The standard InChI is InChI=1S/C16H20N2O/c1-3-11(2)12-4-6-13(7-5-12)19-14-8-9-15(17)16(18)10-14/h4-11H,3,17-18H2,1-2H3. The third-order valence-electron chi connectivity index (χ3n) is 3.36. The zero-order chi connectivity index (χ0) is 13.8. The van der Waals surface area contributed by atoms with Crippen molar-refractivity contribution in [1.82, 2.24) is 0 Å². The molecule has 0 spiro atoms. The number of benzene rings is 2. The summed E-state index contributed by atoms with van der Waals surface area (Å²) in [5.74, 6) is 2.07. The molecular formula is C16H20N2O. The van der Waals surface area contributed by atoms with Crippen molar-refractivity contribution in [2.45, 2.75) is 26.2 Å². The highest BCUT2D eigenvalue weighted by Crippen LogP contribution is 2.28. The Hall–Kier alpha value is -2.16. The Morgan fingerprint density at radius 2 is 1.58 bits per heavy atom. The van der Waals surface area contributed by atoms with Crippen molar-refractivity contribution in [1.29, 1.82) is 0 Å². The molecule has 0 aliphatic heterocycles. The first-order valence-corrected chi connectivity index (χ1v) is 6.53. The van der Waals surface area contributed by atoms with Gasteiger partial charge in [-0.2, -0.15) is 0 Å². The molecule has 2 aromatic carbocycles. The third-order valence-corrected chi connectivity index (χ3v) is 3.36. The zero-order valence-electron chi connectivity index (χ0n) is 11.4. The van der Waals surface area contributed by atoms with Gasteiger partial charge < -0.3 is 16.2 Å². The Bertz CT molecular complexity index is 549. The van der Waals surface area contributed by atoms with Crippen LogP contribution in [0, 0.1) is 0 Å². The third kappa shape index (κ3) is 3.19. The van der Waals surface area contributed by atoms with Crippen LogP contribution in [0.25, 0.3) is 0 Å². The molecule has 0 aromatic heterocycles. The molecule has 0 bridgehead atoms. The van der Waals surface area contributed by atoms with Crippen LogP contribution in [-0.4, -0.2) is 0 Å². The predicted molar refractivity (Wildman–Crippen MR) is 80.5 cm³/mol. The minimum absolute atomic E-state index is 0.536. The van der Waals surface area contributed by atoms with Crippen LogP contribution in [0.3, 0.4) is 0 Å². The second-order valence-electron chi connectivity index (χ2n) is 4.77. The van der Waals surface area contributed by atoms with Crippen molar-refractivity contribution < 1.29 is 4.74 Å². The Labute approximate surface area is 114 Å². The van der Waals surface area contributed by atoms with Crippen LogP contribution in [0.5, 0.6) is 11.5 Å². The average Bonchev–Trinajstić information content (AvgIpc) is 2.43. The van der Waals surface area contributed by atoms with E-state index in [0.717, 1.165) is 12.2 Å². The average molecular weight is 256 g/mol. The van der Waals surface area contributed by atoms with Gasteiger partial charge in [-0.05, 0) is 42.2 Å². The summed E-state index contributed by atoms with van der Waals surface area (Å²) in [5, 5.41) is 0. The van der Waals surface area contributed by atoms with Gasteiger partial charge in [0.1, 0.15) is 11.5 Å². The molecule has 0 aliphatic rings. The first-order chi connectivity index (χ1) is 9.10. The Morgan fingerprint density at radius 1 is 0.947 bits per heavy atom. The lowest BCUT2D eigenvalue weighted by Crippen LogP contribution is -1.95. The van der Waals surface area contributed by atoms with Gasteiger partial charge in [-0.15, -0.1) is 0 Å². The molecule has 19 heavy (non-hydrogen) atoms. The summed E-state index contributed by atoms with van der Waals surface area (Å²) in [6.45, 7) is 4.41. The van der Waals surface area contributed by atoms with E-state index in [4.69, 9.17) is 16.2 Å². The zero-order valence-corrected chi connectivity index (χ0v) is 11.4. The van der Waals surface area contributed by atoms with Crippen LogP contribution in [-0.2, 0) is 0 Å². The topological polar surface area (TPSA) is 61.3 Å². The van der Waals surface area contributed by atoms with Crippen LogP contribution in [0.4, 0.5) is 11.4 Å². The molecule has 0 amide bonds. The normalized spacial score (nSPS) is 12.1. The number of nitrogen functional groups attached to an aromatic ring is 2. The molecule has 0 aliphatic carbocycles. The van der Waals surface area contributed by atoms with Crippen molar-refractivity contribution in [3.05, 3.63) is 48.0 Å². The molecule has 0 fully saturated rings. The molecule has 0 radical (unpaired) electrons. The number of hydrogen-bond acceptors (Lipinski definition) is 3. The summed E-state index contributed by atoms with van der Waals surface area (Å²) in [7, 11) is 0. The Balaban J connectivity index is 2.12. The first-order valence-electron chi connectivity index (χ1n) is 6.53. The van der Waals surface area contributed by atoms with Crippen molar-refractivity contribution in [3.63, 3.8) is 0 Å². The molecule has 2 rings (SSSR count). The SMILES string of the molecule is CCC(C)c1ccc(Oc2ccc(N)c(N)c2)cc1. The van der Waals surface area contributed by atoms with E-state index in [0.29, 0.717) is 23.0 Å². The first kappa shape index (κ1) is 13.3. The van der Waals surface area contributed by atoms with Crippen molar-refractivity contribution in [3.8, 4) is 11.5 Å². The Morgan fingerprint density at radius 3 is 2.16 bits per heavy atom. The van der Waals surface area contributed by atoms with Gasteiger partial charge in [0, 0.05) is 6.07 Å². The van der Waals surface area contributed by atoms with Gasteiger partial charge in [0.25, 0.3) is 0 Å². The molecule has 2 aromatic rings. The molecule has 1 unspecified atom stereocenters. The second kappa shape index (κ2) is 5.65. The van der Waals surface area contributed by atoms with Crippen LogP contribution in [0.15, 0.2) is 42.5 Å². The summed E-state index contributed by atoms with van der Waals surface area (Å²) in [4.78, 5) is 0. The summed E-state index contributed by atoms with van der Waals surface area (Å²) in [6, 6.07) is 13.5. The smallest absolute Gasteiger partial charge is 0.129 e. The van der Waals surface area contributed by atoms with Crippen LogP contribution in [0.1, 0.15) is 31.7 Å². The summed E-state index contributed by atoms with van der Waals surface area (Å²) in [5.41, 5.74) is 13.9. The second-order valence-corrected chi connectivity index (χ2v) is 4.77. The highest BCUT2D eigenvalue weighted by molar-refractivity contribution is 5.65. The number of anilines is 2. The maximum Gasteiger partial charge on any atom is 0.129 e. The maximum atomic E-state index is 5.75. The van der Waals surface area contributed by atoms with Gasteiger partial charge >= 0.3 is 0 Å². The summed E-state index contributed by atoms with van der Waals surface area (Å²) >= 11 is 0. The molecule has 0 heterocycles. The fourth-order valence-electron chi connectivity index (χ4n) is 1.85. The fourth-order valence-corrected chi connectivity index (χ4v) is 1.85. The molecule has 3 nitrogen and oxygen atoms in total. The van der Waals surface area contributed by atoms with E-state index >= 15 is 0 Å². The van der Waals surface area contributed by atoms with Gasteiger partial charge in [0.15, 0.2) is 0 Å². The minimum atomic E-state index is 0.536. The highest BCUT2D eigenvalue weighted by Gasteiger charge is 2.04. The number of rotatable bonds is 4. The van der Waals surface area contributed by atoms with E-state index in [9.17, 15) is 0 Å². The minimum Gasteiger partial charge on any atom is -0.457 e. The maximum absolute atomic E-state index is 5.75. The van der Waals surface area contributed by atoms with Gasteiger partial charge in [-0.3, -0.25) is 0 Å². The molecule has 4 N–H and O–H groups in total. The van der Waals surface area contributed by atoms with Gasteiger partial charge in [-0.1, -0.05) is 26.0 Å². The monoisotopic (exact) mass is 256 g/mol. The molecule has 100 valence electrons. The quantitative estimate of drug-likeness (QED) is 0.807. The molecule has 0 saturated heterocycles. The van der Waals surface area contributed by atoms with E-state index in [1.165, 1.54) is 5.56 Å². The number of nitrogens with two attached hydrogens (primary N) is 2. The highest BCUT2D eigenvalue weighted by atomic mass is 16.5.